The maximum Gasteiger partial charge on any atom is 0.201 e. The summed E-state index contributed by atoms with van der Waals surface area (Å²) in [6, 6.07) is 12.4. The van der Waals surface area contributed by atoms with Crippen molar-refractivity contribution in [2.24, 2.45) is 0 Å². The van der Waals surface area contributed by atoms with Gasteiger partial charge >= 0.3 is 0 Å². The number of fused-ring (bicyclic) bond motifs is 1. The van der Waals surface area contributed by atoms with Gasteiger partial charge in [-0.1, -0.05) is 24.3 Å². The predicted octanol–water partition coefficient (Wildman–Crippen LogP) is 4.10. The molecular weight excluding hydrogens is 246 g/mol. The van der Waals surface area contributed by atoms with E-state index in [4.69, 9.17) is 0 Å². The van der Waals surface area contributed by atoms with Crippen LogP contribution >= 0.6 is 0 Å². The fraction of sp³-hybridized carbons (Fsp3) is 0.235. The van der Waals surface area contributed by atoms with Crippen molar-refractivity contribution in [2.75, 3.05) is 5.32 Å². The largest absolute Gasteiger partial charge is 0.352 e. The highest BCUT2D eigenvalue weighted by Crippen LogP contribution is 2.19. The van der Waals surface area contributed by atoms with Crippen molar-refractivity contribution < 1.29 is 0 Å². The van der Waals surface area contributed by atoms with Crippen molar-refractivity contribution in [3.63, 3.8) is 0 Å². The summed E-state index contributed by atoms with van der Waals surface area (Å²) >= 11 is 0. The summed E-state index contributed by atoms with van der Waals surface area (Å²) in [5.41, 5.74) is 7.43. The van der Waals surface area contributed by atoms with E-state index >= 15 is 0 Å². The summed E-state index contributed by atoms with van der Waals surface area (Å²) in [5.74, 6) is 0.823. The first-order valence-electron chi connectivity index (χ1n) is 6.89. The van der Waals surface area contributed by atoms with Crippen LogP contribution in [0.15, 0.2) is 36.4 Å². The SMILES string of the molecule is Cc1ccc(CNc2nc3ccccc3[nH]2)c(C)c1C. The quantitative estimate of drug-likeness (QED) is 0.748. The van der Waals surface area contributed by atoms with Gasteiger partial charge in [0.1, 0.15) is 0 Å². The van der Waals surface area contributed by atoms with Crippen molar-refractivity contribution in [3.05, 3.63) is 58.7 Å². The molecule has 0 aliphatic carbocycles. The molecule has 0 amide bonds. The zero-order valence-corrected chi connectivity index (χ0v) is 12.1. The zero-order valence-electron chi connectivity index (χ0n) is 12.1. The minimum absolute atomic E-state index is 0.784. The van der Waals surface area contributed by atoms with Gasteiger partial charge in [0.25, 0.3) is 0 Å². The Bertz CT molecular complexity index is 723. The van der Waals surface area contributed by atoms with Crippen LogP contribution in [0, 0.1) is 20.8 Å². The molecule has 20 heavy (non-hydrogen) atoms. The molecule has 2 aromatic carbocycles. The number of rotatable bonds is 3. The lowest BCUT2D eigenvalue weighted by atomic mass is 9.99. The molecule has 0 radical (unpaired) electrons. The molecule has 3 heteroatoms. The topological polar surface area (TPSA) is 40.7 Å². The van der Waals surface area contributed by atoms with Crippen molar-refractivity contribution >= 4 is 17.0 Å². The number of aromatic nitrogens is 2. The number of para-hydroxylation sites is 2. The summed E-state index contributed by atoms with van der Waals surface area (Å²) in [7, 11) is 0. The Labute approximate surface area is 119 Å². The van der Waals surface area contributed by atoms with E-state index in [1.54, 1.807) is 0 Å². The minimum atomic E-state index is 0.784. The van der Waals surface area contributed by atoms with E-state index in [0.29, 0.717) is 0 Å². The zero-order chi connectivity index (χ0) is 14.1. The van der Waals surface area contributed by atoms with Crippen molar-refractivity contribution in [2.45, 2.75) is 27.3 Å². The number of imidazole rings is 1. The second-order valence-electron chi connectivity index (χ2n) is 5.25. The molecule has 0 bridgehead atoms. The standard InChI is InChI=1S/C17H19N3/c1-11-8-9-14(13(3)12(11)2)10-18-17-19-15-6-4-5-7-16(15)20-17/h4-9H,10H2,1-3H3,(H2,18,19,20). The maximum atomic E-state index is 4.53. The van der Waals surface area contributed by atoms with E-state index in [9.17, 15) is 0 Å². The maximum absolute atomic E-state index is 4.53. The fourth-order valence-corrected chi connectivity index (χ4v) is 2.42. The van der Waals surface area contributed by atoms with Gasteiger partial charge in [-0.05, 0) is 55.2 Å². The smallest absolute Gasteiger partial charge is 0.201 e. The van der Waals surface area contributed by atoms with E-state index < -0.39 is 0 Å². The second kappa shape index (κ2) is 5.00. The van der Waals surface area contributed by atoms with Gasteiger partial charge in [0.15, 0.2) is 0 Å². The normalized spacial score (nSPS) is 10.9. The first-order valence-corrected chi connectivity index (χ1v) is 6.89. The van der Waals surface area contributed by atoms with Crippen LogP contribution in [-0.4, -0.2) is 9.97 Å². The molecule has 3 rings (SSSR count). The summed E-state index contributed by atoms with van der Waals surface area (Å²) < 4.78 is 0. The molecule has 3 nitrogen and oxygen atoms in total. The van der Waals surface area contributed by atoms with Crippen LogP contribution < -0.4 is 5.32 Å². The molecule has 0 aliphatic rings. The van der Waals surface area contributed by atoms with E-state index in [-0.39, 0.29) is 0 Å². The van der Waals surface area contributed by atoms with Crippen molar-refractivity contribution in [1.29, 1.82) is 0 Å². The first kappa shape index (κ1) is 12.7. The Morgan fingerprint density at radius 1 is 1.00 bits per heavy atom. The Morgan fingerprint density at radius 2 is 1.80 bits per heavy atom. The molecule has 3 aromatic rings. The molecule has 0 atom stereocenters. The molecule has 2 N–H and O–H groups in total. The molecule has 0 saturated heterocycles. The van der Waals surface area contributed by atoms with Crippen LogP contribution in [0.4, 0.5) is 5.95 Å². The number of aromatic amines is 1. The van der Waals surface area contributed by atoms with E-state index in [0.717, 1.165) is 23.5 Å². The third-order valence-electron chi connectivity index (χ3n) is 4.01. The van der Waals surface area contributed by atoms with Gasteiger partial charge in [-0.3, -0.25) is 0 Å². The molecule has 1 heterocycles. The average Bonchev–Trinajstić information content (AvgIpc) is 2.87. The molecular formula is C17H19N3. The van der Waals surface area contributed by atoms with Crippen LogP contribution in [0.1, 0.15) is 22.3 Å². The van der Waals surface area contributed by atoms with Crippen LogP contribution in [0.5, 0.6) is 0 Å². The minimum Gasteiger partial charge on any atom is -0.352 e. The van der Waals surface area contributed by atoms with E-state index in [1.807, 2.05) is 24.3 Å². The van der Waals surface area contributed by atoms with Gasteiger partial charge in [-0.25, -0.2) is 4.98 Å². The Balaban J connectivity index is 1.81. The molecule has 1 aromatic heterocycles. The van der Waals surface area contributed by atoms with Gasteiger partial charge in [0, 0.05) is 6.54 Å². The Kier molecular flexibility index (Phi) is 3.18. The number of hydrogen-bond acceptors (Lipinski definition) is 2. The number of anilines is 1. The first-order chi connectivity index (χ1) is 9.65. The highest BCUT2D eigenvalue weighted by Gasteiger charge is 2.05. The van der Waals surface area contributed by atoms with Crippen molar-refractivity contribution in [3.8, 4) is 0 Å². The summed E-state index contributed by atoms with van der Waals surface area (Å²) in [6.45, 7) is 7.29. The highest BCUT2D eigenvalue weighted by molar-refractivity contribution is 5.77. The molecule has 0 aliphatic heterocycles. The molecule has 0 saturated carbocycles. The van der Waals surface area contributed by atoms with E-state index in [1.165, 1.54) is 22.3 Å². The molecule has 0 unspecified atom stereocenters. The van der Waals surface area contributed by atoms with Crippen LogP contribution in [0.2, 0.25) is 0 Å². The second-order valence-corrected chi connectivity index (χ2v) is 5.25. The lowest BCUT2D eigenvalue weighted by Gasteiger charge is -2.11. The third-order valence-corrected chi connectivity index (χ3v) is 4.01. The summed E-state index contributed by atoms with van der Waals surface area (Å²) in [5, 5.41) is 3.37. The monoisotopic (exact) mass is 265 g/mol. The number of nitrogens with one attached hydrogen (secondary N) is 2. The van der Waals surface area contributed by atoms with E-state index in [2.05, 4.69) is 48.2 Å². The number of H-pyrrole nitrogens is 1. The molecule has 0 spiro atoms. The Hall–Kier alpha value is -2.29. The third kappa shape index (κ3) is 2.27. The summed E-state index contributed by atoms with van der Waals surface area (Å²) in [6.07, 6.45) is 0. The van der Waals surface area contributed by atoms with Gasteiger partial charge in [-0.2, -0.15) is 0 Å². The molecule has 0 fully saturated rings. The number of aryl methyl sites for hydroxylation is 1. The predicted molar refractivity (Wildman–Crippen MR) is 84.1 cm³/mol. The average molecular weight is 265 g/mol. The highest BCUT2D eigenvalue weighted by atomic mass is 15.1. The lowest BCUT2D eigenvalue weighted by molar-refractivity contribution is 1.06. The lowest BCUT2D eigenvalue weighted by Crippen LogP contribution is -2.04. The van der Waals surface area contributed by atoms with Crippen LogP contribution in [-0.2, 0) is 6.54 Å². The van der Waals surface area contributed by atoms with Gasteiger partial charge < -0.3 is 10.3 Å². The number of nitrogens with zero attached hydrogens (tertiary/aromatic N) is 1. The van der Waals surface area contributed by atoms with Gasteiger partial charge in [-0.15, -0.1) is 0 Å². The van der Waals surface area contributed by atoms with Crippen LogP contribution in [0.3, 0.4) is 0 Å². The van der Waals surface area contributed by atoms with Gasteiger partial charge in [0.05, 0.1) is 11.0 Å². The number of hydrogen-bond donors (Lipinski definition) is 2. The van der Waals surface area contributed by atoms with Crippen LogP contribution in [0.25, 0.3) is 11.0 Å². The molecule has 102 valence electrons. The fourth-order valence-electron chi connectivity index (χ4n) is 2.42. The Morgan fingerprint density at radius 3 is 2.60 bits per heavy atom. The number of benzene rings is 2. The summed E-state index contributed by atoms with van der Waals surface area (Å²) in [4.78, 5) is 7.82. The van der Waals surface area contributed by atoms with Gasteiger partial charge in [0.2, 0.25) is 5.95 Å². The van der Waals surface area contributed by atoms with Crippen molar-refractivity contribution in [1.82, 2.24) is 9.97 Å².